The van der Waals surface area contributed by atoms with Gasteiger partial charge in [-0.15, -0.1) is 0 Å². The first-order valence-corrected chi connectivity index (χ1v) is 13.6. The zero-order chi connectivity index (χ0) is 27.7. The summed E-state index contributed by atoms with van der Waals surface area (Å²) in [4.78, 5) is 15.7. The smallest absolute Gasteiger partial charge is 0.213 e. The SMILES string of the molecule is CC(C)(O)COc1cc(-c2ccc(N3CCC(Oc4ccc(OC5CC5)nc4)CC3)nc2)n2c(C#N)cnc2c1. The van der Waals surface area contributed by atoms with Gasteiger partial charge in [0.1, 0.15) is 53.5 Å². The topological polar surface area (TPSA) is 118 Å². The molecule has 1 saturated heterocycles. The number of rotatable bonds is 9. The van der Waals surface area contributed by atoms with E-state index in [2.05, 4.69) is 20.9 Å². The molecule has 10 nitrogen and oxygen atoms in total. The number of hydrogen-bond acceptors (Lipinski definition) is 9. The van der Waals surface area contributed by atoms with Crippen LogP contribution in [0.2, 0.25) is 0 Å². The first-order valence-electron chi connectivity index (χ1n) is 13.6. The van der Waals surface area contributed by atoms with Gasteiger partial charge in [0.25, 0.3) is 0 Å². The second-order valence-corrected chi connectivity index (χ2v) is 11.0. The van der Waals surface area contributed by atoms with E-state index < -0.39 is 5.60 Å². The molecule has 5 heterocycles. The molecule has 1 aliphatic carbocycles. The molecule has 0 bridgehead atoms. The van der Waals surface area contributed by atoms with E-state index in [1.165, 1.54) is 0 Å². The molecule has 0 amide bonds. The van der Waals surface area contributed by atoms with Crippen LogP contribution in [0.4, 0.5) is 5.82 Å². The van der Waals surface area contributed by atoms with E-state index in [9.17, 15) is 10.4 Å². The van der Waals surface area contributed by atoms with Crippen molar-refractivity contribution in [1.29, 1.82) is 5.26 Å². The van der Waals surface area contributed by atoms with Crippen LogP contribution in [0.5, 0.6) is 17.4 Å². The van der Waals surface area contributed by atoms with E-state index in [4.69, 9.17) is 19.2 Å². The zero-order valence-electron chi connectivity index (χ0n) is 22.7. The van der Waals surface area contributed by atoms with Crippen LogP contribution in [-0.2, 0) is 0 Å². The number of aliphatic hydroxyl groups is 1. The summed E-state index contributed by atoms with van der Waals surface area (Å²) < 4.78 is 19.5. The van der Waals surface area contributed by atoms with Crippen LogP contribution in [0, 0.1) is 11.3 Å². The number of anilines is 1. The lowest BCUT2D eigenvalue weighted by Gasteiger charge is -2.33. The van der Waals surface area contributed by atoms with E-state index in [-0.39, 0.29) is 12.7 Å². The first-order chi connectivity index (χ1) is 19.3. The molecule has 6 rings (SSSR count). The quantitative estimate of drug-likeness (QED) is 0.329. The molecule has 206 valence electrons. The average molecular weight is 541 g/mol. The van der Waals surface area contributed by atoms with Crippen molar-refractivity contribution in [1.82, 2.24) is 19.4 Å². The van der Waals surface area contributed by atoms with Gasteiger partial charge in [0.15, 0.2) is 0 Å². The second kappa shape index (κ2) is 10.7. The number of hydrogen-bond donors (Lipinski definition) is 1. The molecule has 0 unspecified atom stereocenters. The molecule has 4 aromatic rings. The number of imidazole rings is 1. The van der Waals surface area contributed by atoms with E-state index in [0.717, 1.165) is 61.6 Å². The van der Waals surface area contributed by atoms with Crippen molar-refractivity contribution in [2.75, 3.05) is 24.6 Å². The highest BCUT2D eigenvalue weighted by molar-refractivity contribution is 5.68. The van der Waals surface area contributed by atoms with Crippen LogP contribution in [0.15, 0.2) is 55.0 Å². The van der Waals surface area contributed by atoms with Gasteiger partial charge in [0, 0.05) is 55.9 Å². The molecule has 2 fully saturated rings. The Balaban J connectivity index is 1.12. The van der Waals surface area contributed by atoms with Crippen LogP contribution in [0.25, 0.3) is 16.9 Å². The van der Waals surface area contributed by atoms with Gasteiger partial charge in [-0.3, -0.25) is 4.40 Å². The normalized spacial score (nSPS) is 16.1. The van der Waals surface area contributed by atoms with Crippen LogP contribution >= 0.6 is 0 Å². The summed E-state index contributed by atoms with van der Waals surface area (Å²) in [5.74, 6) is 2.87. The Hall–Kier alpha value is -4.36. The molecule has 0 radical (unpaired) electrons. The number of piperidine rings is 1. The summed E-state index contributed by atoms with van der Waals surface area (Å²) in [6.45, 7) is 5.16. The minimum absolute atomic E-state index is 0.123. The summed E-state index contributed by atoms with van der Waals surface area (Å²) in [6, 6.07) is 13.6. The minimum Gasteiger partial charge on any atom is -0.490 e. The van der Waals surface area contributed by atoms with Gasteiger partial charge in [-0.05, 0) is 44.9 Å². The third kappa shape index (κ3) is 5.95. The summed E-state index contributed by atoms with van der Waals surface area (Å²) in [7, 11) is 0. The van der Waals surface area contributed by atoms with Gasteiger partial charge in [-0.1, -0.05) is 0 Å². The van der Waals surface area contributed by atoms with Crippen LogP contribution < -0.4 is 19.1 Å². The number of pyridine rings is 3. The van der Waals surface area contributed by atoms with Crippen molar-refractivity contribution >= 4 is 11.5 Å². The fraction of sp³-hybridized carbons (Fsp3) is 0.400. The van der Waals surface area contributed by atoms with Crippen LogP contribution in [0.3, 0.4) is 0 Å². The predicted molar refractivity (Wildman–Crippen MR) is 149 cm³/mol. The Morgan fingerprint density at radius 1 is 0.925 bits per heavy atom. The van der Waals surface area contributed by atoms with Crippen molar-refractivity contribution in [3.8, 4) is 34.7 Å². The largest absolute Gasteiger partial charge is 0.490 e. The summed E-state index contributed by atoms with van der Waals surface area (Å²) >= 11 is 0. The zero-order valence-corrected chi connectivity index (χ0v) is 22.7. The summed E-state index contributed by atoms with van der Waals surface area (Å²) in [5, 5.41) is 19.7. The monoisotopic (exact) mass is 540 g/mol. The van der Waals surface area contributed by atoms with Crippen LogP contribution in [-0.4, -0.2) is 62.0 Å². The highest BCUT2D eigenvalue weighted by Gasteiger charge is 2.25. The van der Waals surface area contributed by atoms with Gasteiger partial charge in [0.2, 0.25) is 5.88 Å². The Morgan fingerprint density at radius 2 is 1.73 bits per heavy atom. The highest BCUT2D eigenvalue weighted by atomic mass is 16.5. The molecule has 10 heteroatoms. The number of nitrogens with zero attached hydrogens (tertiary/aromatic N) is 6. The van der Waals surface area contributed by atoms with Crippen molar-refractivity contribution in [2.45, 2.75) is 57.3 Å². The Kier molecular flexibility index (Phi) is 6.90. The number of fused-ring (bicyclic) bond motifs is 1. The van der Waals surface area contributed by atoms with Gasteiger partial charge >= 0.3 is 0 Å². The molecule has 40 heavy (non-hydrogen) atoms. The average Bonchev–Trinajstić information content (AvgIpc) is 3.68. The van der Waals surface area contributed by atoms with Gasteiger partial charge < -0.3 is 24.2 Å². The molecular weight excluding hydrogens is 508 g/mol. The third-order valence-electron chi connectivity index (χ3n) is 6.92. The highest BCUT2D eigenvalue weighted by Crippen LogP contribution is 2.30. The molecule has 4 aromatic heterocycles. The maximum atomic E-state index is 10.1. The van der Waals surface area contributed by atoms with Crippen molar-refractivity contribution in [3.05, 3.63) is 60.7 Å². The lowest BCUT2D eigenvalue weighted by Crippen LogP contribution is -2.38. The maximum Gasteiger partial charge on any atom is 0.213 e. The fourth-order valence-corrected chi connectivity index (χ4v) is 4.71. The summed E-state index contributed by atoms with van der Waals surface area (Å²) in [5.41, 5.74) is 1.60. The Labute approximate surface area is 232 Å². The van der Waals surface area contributed by atoms with E-state index in [1.54, 1.807) is 36.7 Å². The molecule has 1 saturated carbocycles. The second-order valence-electron chi connectivity index (χ2n) is 11.0. The lowest BCUT2D eigenvalue weighted by molar-refractivity contribution is 0.0285. The van der Waals surface area contributed by atoms with Gasteiger partial charge in [-0.2, -0.15) is 5.26 Å². The minimum atomic E-state index is -0.979. The molecular formula is C30H32N6O4. The van der Waals surface area contributed by atoms with Crippen LogP contribution in [0.1, 0.15) is 45.2 Å². The number of nitriles is 1. The number of ether oxygens (including phenoxy) is 3. The van der Waals surface area contributed by atoms with Crippen molar-refractivity contribution in [3.63, 3.8) is 0 Å². The molecule has 1 aliphatic heterocycles. The van der Waals surface area contributed by atoms with Crippen molar-refractivity contribution < 1.29 is 19.3 Å². The fourth-order valence-electron chi connectivity index (χ4n) is 4.71. The number of aromatic nitrogens is 4. The van der Waals surface area contributed by atoms with Gasteiger partial charge in [-0.25, -0.2) is 15.0 Å². The van der Waals surface area contributed by atoms with E-state index in [0.29, 0.717) is 29.1 Å². The molecule has 1 N–H and O–H groups in total. The lowest BCUT2D eigenvalue weighted by atomic mass is 10.1. The predicted octanol–water partition coefficient (Wildman–Crippen LogP) is 4.40. The molecule has 0 aromatic carbocycles. The third-order valence-corrected chi connectivity index (χ3v) is 6.92. The maximum absolute atomic E-state index is 10.1. The molecule has 2 aliphatic rings. The van der Waals surface area contributed by atoms with Gasteiger partial charge in [0.05, 0.1) is 23.7 Å². The molecule has 0 atom stereocenters. The Bertz CT molecular complexity index is 1510. The summed E-state index contributed by atoms with van der Waals surface area (Å²) in [6.07, 6.45) is 9.53. The van der Waals surface area contributed by atoms with Crippen molar-refractivity contribution in [2.24, 2.45) is 0 Å². The first kappa shape index (κ1) is 25.9. The molecule has 0 spiro atoms. The van der Waals surface area contributed by atoms with E-state index in [1.807, 2.05) is 36.5 Å². The van der Waals surface area contributed by atoms with E-state index >= 15 is 0 Å². The standard InChI is InChI=1S/C30H32N6O4/c1-30(2,37)19-38-25-13-26(36-21(15-31)17-33-28(36)14-25)20-3-7-27(32-16-20)35-11-9-23(10-12-35)39-24-6-8-29(34-18-24)40-22-4-5-22/h3,6-8,13-14,16-18,22-23,37H,4-5,9-12,19H2,1-2H3. The Morgan fingerprint density at radius 3 is 2.38 bits per heavy atom.